The minimum absolute atomic E-state index is 0.0966. The minimum atomic E-state index is -0.567. The van der Waals surface area contributed by atoms with E-state index in [4.69, 9.17) is 24.2 Å². The van der Waals surface area contributed by atoms with E-state index in [0.29, 0.717) is 22.6 Å². The van der Waals surface area contributed by atoms with Gasteiger partial charge in [-0.15, -0.1) is 0 Å². The predicted octanol–water partition coefficient (Wildman–Crippen LogP) is 3.79. The second-order valence-electron chi connectivity index (χ2n) is 9.03. The van der Waals surface area contributed by atoms with Crippen LogP contribution >= 0.6 is 0 Å². The zero-order valence-corrected chi connectivity index (χ0v) is 19.2. The Morgan fingerprint density at radius 2 is 1.75 bits per heavy atom. The molecule has 1 fully saturated rings. The normalized spacial score (nSPS) is 23.3. The first kappa shape index (κ1) is 21.9. The maximum atomic E-state index is 13.1. The van der Waals surface area contributed by atoms with E-state index in [1.165, 1.54) is 13.2 Å². The van der Waals surface area contributed by atoms with E-state index in [0.717, 1.165) is 16.8 Å². The third-order valence-corrected chi connectivity index (χ3v) is 7.18. The number of hydrogen-bond acceptors (Lipinski definition) is 9. The van der Waals surface area contributed by atoms with Crippen molar-refractivity contribution in [1.29, 1.82) is 5.26 Å². The second-order valence-corrected chi connectivity index (χ2v) is 9.03. The summed E-state index contributed by atoms with van der Waals surface area (Å²) in [5.41, 5.74) is 3.67. The molecular formula is C27H22N2O7. The Labute approximate surface area is 206 Å². The van der Waals surface area contributed by atoms with E-state index in [-0.39, 0.29) is 48.6 Å². The summed E-state index contributed by atoms with van der Waals surface area (Å²) in [6.45, 7) is 0.308. The lowest BCUT2D eigenvalue weighted by atomic mass is 9.65. The molecule has 3 aromatic carbocycles. The van der Waals surface area contributed by atoms with Gasteiger partial charge in [0.15, 0.2) is 23.0 Å². The van der Waals surface area contributed by atoms with Crippen molar-refractivity contribution in [3.05, 3.63) is 70.8 Å². The number of benzene rings is 3. The van der Waals surface area contributed by atoms with Crippen molar-refractivity contribution in [2.75, 3.05) is 25.8 Å². The highest BCUT2D eigenvalue weighted by molar-refractivity contribution is 5.79. The topological polar surface area (TPSA) is 130 Å². The number of rotatable bonds is 4. The molecule has 3 aliphatic rings. The van der Waals surface area contributed by atoms with Crippen LogP contribution in [0.4, 0.5) is 5.69 Å². The average molecular weight is 486 g/mol. The van der Waals surface area contributed by atoms with Gasteiger partial charge in [0.05, 0.1) is 37.3 Å². The molecular weight excluding hydrogens is 464 g/mol. The van der Waals surface area contributed by atoms with E-state index in [9.17, 15) is 15.0 Å². The molecule has 2 aliphatic heterocycles. The number of methoxy groups -OCH3 is 1. The number of nitriles is 1. The molecule has 0 spiro atoms. The minimum Gasteiger partial charge on any atom is -0.504 e. The smallest absolute Gasteiger partial charge is 0.310 e. The summed E-state index contributed by atoms with van der Waals surface area (Å²) in [5, 5.41) is 33.3. The number of phenolic OH excluding ortho intramolecular Hbond substituents is 2. The molecule has 0 bridgehead atoms. The summed E-state index contributed by atoms with van der Waals surface area (Å²) in [6, 6.07) is 15.8. The van der Waals surface area contributed by atoms with Crippen LogP contribution in [0.1, 0.15) is 34.2 Å². The number of carbonyl (C=O) groups is 1. The monoisotopic (exact) mass is 486 g/mol. The summed E-state index contributed by atoms with van der Waals surface area (Å²) in [7, 11) is 1.40. The summed E-state index contributed by atoms with van der Waals surface area (Å²) in [6.07, 6.45) is 0. The molecule has 36 heavy (non-hydrogen) atoms. The van der Waals surface area contributed by atoms with Gasteiger partial charge < -0.3 is 34.5 Å². The quantitative estimate of drug-likeness (QED) is 0.372. The first-order valence-electron chi connectivity index (χ1n) is 11.4. The highest BCUT2D eigenvalue weighted by Crippen LogP contribution is 2.56. The third kappa shape index (κ3) is 3.33. The van der Waals surface area contributed by atoms with Crippen LogP contribution in [0, 0.1) is 23.2 Å². The molecule has 182 valence electrons. The van der Waals surface area contributed by atoms with Crippen LogP contribution in [0.2, 0.25) is 0 Å². The first-order chi connectivity index (χ1) is 17.5. The van der Waals surface area contributed by atoms with Gasteiger partial charge in [0.25, 0.3) is 0 Å². The van der Waals surface area contributed by atoms with Gasteiger partial charge in [-0.25, -0.2) is 0 Å². The van der Waals surface area contributed by atoms with Crippen LogP contribution in [0.25, 0.3) is 0 Å². The van der Waals surface area contributed by atoms with E-state index < -0.39 is 11.8 Å². The summed E-state index contributed by atoms with van der Waals surface area (Å²) < 4.78 is 22.2. The van der Waals surface area contributed by atoms with Crippen molar-refractivity contribution >= 4 is 11.7 Å². The molecule has 0 radical (unpaired) electrons. The molecule has 1 aliphatic carbocycles. The lowest BCUT2D eigenvalue weighted by molar-refractivity contribution is -0.141. The van der Waals surface area contributed by atoms with Gasteiger partial charge in [-0.1, -0.05) is 0 Å². The van der Waals surface area contributed by atoms with Crippen LogP contribution in [-0.2, 0) is 9.53 Å². The summed E-state index contributed by atoms with van der Waals surface area (Å²) >= 11 is 0. The van der Waals surface area contributed by atoms with Gasteiger partial charge in [-0.2, -0.15) is 5.26 Å². The van der Waals surface area contributed by atoms with Crippen molar-refractivity contribution < 1.29 is 34.0 Å². The third-order valence-electron chi connectivity index (χ3n) is 7.18. The molecule has 1 saturated heterocycles. The summed E-state index contributed by atoms with van der Waals surface area (Å²) in [4.78, 5) is 13.1. The van der Waals surface area contributed by atoms with Crippen molar-refractivity contribution in [3.63, 3.8) is 0 Å². The number of cyclic esters (lactones) is 1. The fourth-order valence-corrected chi connectivity index (χ4v) is 5.52. The molecule has 0 amide bonds. The van der Waals surface area contributed by atoms with Crippen molar-refractivity contribution in [2.45, 2.75) is 12.0 Å². The maximum Gasteiger partial charge on any atom is 0.310 e. The molecule has 6 rings (SSSR count). The molecule has 0 saturated carbocycles. The number of anilines is 1. The second kappa shape index (κ2) is 8.27. The van der Waals surface area contributed by atoms with E-state index in [2.05, 4.69) is 11.4 Å². The Kier molecular flexibility index (Phi) is 5.04. The number of nitrogens with zero attached hydrogens (tertiary/aromatic N) is 1. The molecule has 1 unspecified atom stereocenters. The van der Waals surface area contributed by atoms with E-state index in [1.807, 2.05) is 24.3 Å². The fourth-order valence-electron chi connectivity index (χ4n) is 5.52. The number of nitrogens with one attached hydrogen (secondary N) is 1. The Balaban J connectivity index is 1.53. The molecule has 9 nitrogen and oxygen atoms in total. The first-order valence-corrected chi connectivity index (χ1v) is 11.4. The zero-order valence-electron chi connectivity index (χ0n) is 19.2. The fraction of sp³-hybridized carbons (Fsp3) is 0.259. The number of esters is 1. The molecule has 9 heteroatoms. The maximum absolute atomic E-state index is 13.1. The standard InChI is InChI=1S/C27H22N2O7/c1-33-22-7-14(6-19(30)26(22)31)23-16-8-20-21(36-12-35-20)9-17(16)25(18-11-34-27(32)24(18)23)29-15-4-2-13(10-28)3-5-15/h2-9,18,23-25,29-31H,11-12H2,1H3/t18-,23+,24-,25?/m0/s1. The number of hydrogen-bond donors (Lipinski definition) is 3. The largest absolute Gasteiger partial charge is 0.504 e. The Hall–Kier alpha value is -4.58. The Morgan fingerprint density at radius 3 is 2.44 bits per heavy atom. The Bertz CT molecular complexity index is 1410. The van der Waals surface area contributed by atoms with Crippen LogP contribution in [-0.4, -0.2) is 36.7 Å². The number of carbonyl (C=O) groups excluding carboxylic acids is 1. The number of ether oxygens (including phenoxy) is 4. The van der Waals surface area contributed by atoms with Gasteiger partial charge in [-0.3, -0.25) is 4.79 Å². The van der Waals surface area contributed by atoms with Crippen molar-refractivity contribution in [1.82, 2.24) is 0 Å². The van der Waals surface area contributed by atoms with Crippen LogP contribution in [0.5, 0.6) is 28.7 Å². The Morgan fingerprint density at radius 1 is 1.03 bits per heavy atom. The van der Waals surface area contributed by atoms with Gasteiger partial charge in [0.2, 0.25) is 12.5 Å². The zero-order chi connectivity index (χ0) is 25.0. The number of aromatic hydroxyl groups is 2. The molecule has 3 aromatic rings. The molecule has 4 atom stereocenters. The van der Waals surface area contributed by atoms with Crippen LogP contribution in [0.3, 0.4) is 0 Å². The van der Waals surface area contributed by atoms with Gasteiger partial charge >= 0.3 is 5.97 Å². The van der Waals surface area contributed by atoms with Gasteiger partial charge in [0, 0.05) is 17.5 Å². The van der Waals surface area contributed by atoms with Gasteiger partial charge in [0.1, 0.15) is 0 Å². The lowest BCUT2D eigenvalue weighted by Crippen LogP contribution is -2.37. The van der Waals surface area contributed by atoms with E-state index >= 15 is 0 Å². The molecule has 2 heterocycles. The van der Waals surface area contributed by atoms with Crippen LogP contribution in [0.15, 0.2) is 48.5 Å². The predicted molar refractivity (Wildman–Crippen MR) is 126 cm³/mol. The summed E-state index contributed by atoms with van der Waals surface area (Å²) in [5.74, 6) is -1.07. The van der Waals surface area contributed by atoms with E-state index in [1.54, 1.807) is 18.2 Å². The number of phenols is 2. The molecule has 3 N–H and O–H groups in total. The lowest BCUT2D eigenvalue weighted by Gasteiger charge is -2.40. The number of fused-ring (bicyclic) bond motifs is 3. The van der Waals surface area contributed by atoms with Crippen molar-refractivity contribution in [3.8, 4) is 34.8 Å². The van der Waals surface area contributed by atoms with Gasteiger partial charge in [-0.05, 0) is 65.2 Å². The highest BCUT2D eigenvalue weighted by Gasteiger charge is 2.52. The average Bonchev–Trinajstić information content (AvgIpc) is 3.51. The molecule has 0 aromatic heterocycles. The highest BCUT2D eigenvalue weighted by atomic mass is 16.7. The van der Waals surface area contributed by atoms with Crippen molar-refractivity contribution in [2.24, 2.45) is 11.8 Å². The van der Waals surface area contributed by atoms with Crippen LogP contribution < -0.4 is 19.5 Å². The SMILES string of the molecule is COc1cc([C@@H]2c3cc4c(cc3C(Nc3ccc(C#N)cc3)[C@H]3COC(=O)[C@H]23)OCO4)cc(O)c1O.